The zero-order valence-electron chi connectivity index (χ0n) is 13.4. The van der Waals surface area contributed by atoms with Crippen LogP contribution in [-0.2, 0) is 5.54 Å². The number of likely N-dealkylation sites (tertiary alicyclic amines) is 1. The second-order valence-corrected chi connectivity index (χ2v) is 6.14. The lowest BCUT2D eigenvalue weighted by molar-refractivity contribution is 0.119. The van der Waals surface area contributed by atoms with Crippen molar-refractivity contribution >= 4 is 0 Å². The third kappa shape index (κ3) is 4.27. The Hall–Kier alpha value is -0.940. The molecule has 1 saturated heterocycles. The Kier molecular flexibility index (Phi) is 6.18. The van der Waals surface area contributed by atoms with Crippen LogP contribution in [0.15, 0.2) is 30.3 Å². The monoisotopic (exact) mass is 291 g/mol. The lowest BCUT2D eigenvalue weighted by Crippen LogP contribution is -2.52. The fourth-order valence-electron chi connectivity index (χ4n) is 3.15. The largest absolute Gasteiger partial charge is 0.394 e. The number of aliphatic hydroxyl groups is 1. The minimum absolute atomic E-state index is 0.0988. The van der Waals surface area contributed by atoms with Crippen molar-refractivity contribution in [1.82, 2.24) is 15.1 Å². The normalized spacial score (nSPS) is 19.0. The molecule has 4 heteroatoms. The van der Waals surface area contributed by atoms with Crippen molar-refractivity contribution in [3.05, 3.63) is 35.9 Å². The number of hydrogen-bond acceptors (Lipinski definition) is 4. The van der Waals surface area contributed by atoms with Crippen LogP contribution in [0.3, 0.4) is 0 Å². The van der Waals surface area contributed by atoms with E-state index in [2.05, 4.69) is 34.3 Å². The molecule has 0 aromatic heterocycles. The number of hydrogen-bond donors (Lipinski definition) is 2. The summed E-state index contributed by atoms with van der Waals surface area (Å²) >= 11 is 0. The number of nitrogens with zero attached hydrogens (tertiary/aromatic N) is 2. The predicted octanol–water partition coefficient (Wildman–Crippen LogP) is 1.12. The van der Waals surface area contributed by atoms with Crippen molar-refractivity contribution in [3.63, 3.8) is 0 Å². The number of nitrogens with one attached hydrogen (secondary N) is 1. The van der Waals surface area contributed by atoms with Gasteiger partial charge in [0.15, 0.2) is 0 Å². The molecule has 1 fully saturated rings. The van der Waals surface area contributed by atoms with Crippen LogP contribution in [-0.4, -0.2) is 68.3 Å². The molecule has 1 aliphatic heterocycles. The number of benzene rings is 1. The van der Waals surface area contributed by atoms with Crippen LogP contribution in [0.25, 0.3) is 0 Å². The number of likely N-dealkylation sites (N-methyl/N-ethyl adjacent to an activating group) is 2. The first-order valence-electron chi connectivity index (χ1n) is 7.96. The molecule has 0 spiro atoms. The first-order valence-corrected chi connectivity index (χ1v) is 7.96. The van der Waals surface area contributed by atoms with Gasteiger partial charge in [-0.15, -0.1) is 0 Å². The van der Waals surface area contributed by atoms with Crippen molar-refractivity contribution in [3.8, 4) is 0 Å². The molecular weight excluding hydrogens is 262 g/mol. The van der Waals surface area contributed by atoms with Crippen LogP contribution < -0.4 is 5.32 Å². The molecule has 0 saturated carbocycles. The van der Waals surface area contributed by atoms with Gasteiger partial charge in [0.05, 0.1) is 12.1 Å². The van der Waals surface area contributed by atoms with Gasteiger partial charge < -0.3 is 20.2 Å². The van der Waals surface area contributed by atoms with Crippen molar-refractivity contribution < 1.29 is 5.11 Å². The van der Waals surface area contributed by atoms with E-state index in [0.29, 0.717) is 0 Å². The molecule has 1 atom stereocenters. The average molecular weight is 291 g/mol. The average Bonchev–Trinajstić information content (AvgIpc) is 3.05. The second-order valence-electron chi connectivity index (χ2n) is 6.14. The SMILES string of the molecule is CNC(CO)(CN(C)CCN1CCCC1)c1ccccc1. The summed E-state index contributed by atoms with van der Waals surface area (Å²) in [5.74, 6) is 0. The molecule has 2 N–H and O–H groups in total. The zero-order valence-corrected chi connectivity index (χ0v) is 13.4. The minimum atomic E-state index is -0.388. The summed E-state index contributed by atoms with van der Waals surface area (Å²) in [6.45, 7) is 5.54. The molecule has 1 aromatic carbocycles. The first kappa shape index (κ1) is 16.4. The van der Waals surface area contributed by atoms with Crippen LogP contribution in [0, 0.1) is 0 Å². The zero-order chi connectivity index (χ0) is 15.1. The quantitative estimate of drug-likeness (QED) is 0.753. The Morgan fingerprint density at radius 1 is 1.24 bits per heavy atom. The van der Waals surface area contributed by atoms with Crippen LogP contribution in [0.4, 0.5) is 0 Å². The Labute approximate surface area is 128 Å². The standard InChI is InChI=1S/C17H29N3O/c1-18-17(15-21,16-8-4-3-5-9-16)14-19(2)12-13-20-10-6-7-11-20/h3-5,8-9,18,21H,6-7,10-15H2,1-2H3. The summed E-state index contributed by atoms with van der Waals surface area (Å²) in [7, 11) is 4.07. The summed E-state index contributed by atoms with van der Waals surface area (Å²) < 4.78 is 0. The van der Waals surface area contributed by atoms with Crippen LogP contribution >= 0.6 is 0 Å². The maximum absolute atomic E-state index is 9.96. The Bertz CT molecular complexity index is 400. The van der Waals surface area contributed by atoms with Gasteiger partial charge in [-0.3, -0.25) is 0 Å². The smallest absolute Gasteiger partial charge is 0.0795 e. The third-order valence-electron chi connectivity index (χ3n) is 4.61. The Balaban J connectivity index is 1.95. The van der Waals surface area contributed by atoms with E-state index >= 15 is 0 Å². The molecule has 21 heavy (non-hydrogen) atoms. The highest BCUT2D eigenvalue weighted by atomic mass is 16.3. The molecule has 1 aliphatic rings. The van der Waals surface area contributed by atoms with E-state index < -0.39 is 0 Å². The number of rotatable bonds is 8. The fourth-order valence-corrected chi connectivity index (χ4v) is 3.15. The van der Waals surface area contributed by atoms with E-state index in [-0.39, 0.29) is 12.1 Å². The maximum atomic E-state index is 9.96. The van der Waals surface area contributed by atoms with Gasteiger partial charge in [-0.25, -0.2) is 0 Å². The van der Waals surface area contributed by atoms with Gasteiger partial charge >= 0.3 is 0 Å². The van der Waals surface area contributed by atoms with Crippen LogP contribution in [0.1, 0.15) is 18.4 Å². The maximum Gasteiger partial charge on any atom is 0.0795 e. The lowest BCUT2D eigenvalue weighted by Gasteiger charge is -2.36. The summed E-state index contributed by atoms with van der Waals surface area (Å²) in [5.41, 5.74) is 0.754. The molecule has 0 amide bonds. The van der Waals surface area contributed by atoms with Gasteiger partial charge in [0, 0.05) is 19.6 Å². The van der Waals surface area contributed by atoms with E-state index in [0.717, 1.165) is 25.2 Å². The third-order valence-corrected chi connectivity index (χ3v) is 4.61. The first-order chi connectivity index (χ1) is 10.2. The van der Waals surface area contributed by atoms with E-state index in [4.69, 9.17) is 0 Å². The van der Waals surface area contributed by atoms with Gasteiger partial charge in [0.25, 0.3) is 0 Å². The van der Waals surface area contributed by atoms with Gasteiger partial charge in [0.2, 0.25) is 0 Å². The molecular formula is C17H29N3O. The summed E-state index contributed by atoms with van der Waals surface area (Å²) in [6.07, 6.45) is 2.68. The fraction of sp³-hybridized carbons (Fsp3) is 0.647. The van der Waals surface area contributed by atoms with Gasteiger partial charge in [-0.1, -0.05) is 30.3 Å². The highest BCUT2D eigenvalue weighted by Crippen LogP contribution is 2.21. The van der Waals surface area contributed by atoms with E-state index in [1.54, 1.807) is 0 Å². The summed E-state index contributed by atoms with van der Waals surface area (Å²) in [4.78, 5) is 4.84. The number of aliphatic hydroxyl groups excluding tert-OH is 1. The topological polar surface area (TPSA) is 38.7 Å². The molecule has 0 aliphatic carbocycles. The van der Waals surface area contributed by atoms with Gasteiger partial charge in [-0.05, 0) is 45.6 Å². The van der Waals surface area contributed by atoms with E-state index in [1.807, 2.05) is 25.2 Å². The highest BCUT2D eigenvalue weighted by Gasteiger charge is 2.31. The molecule has 0 bridgehead atoms. The van der Waals surface area contributed by atoms with Crippen LogP contribution in [0.2, 0.25) is 0 Å². The molecule has 118 valence electrons. The summed E-state index contributed by atoms with van der Waals surface area (Å²) in [6, 6.07) is 10.2. The molecule has 4 nitrogen and oxygen atoms in total. The van der Waals surface area contributed by atoms with Crippen molar-refractivity contribution in [1.29, 1.82) is 0 Å². The van der Waals surface area contributed by atoms with Crippen molar-refractivity contribution in [2.45, 2.75) is 18.4 Å². The lowest BCUT2D eigenvalue weighted by atomic mass is 9.90. The summed E-state index contributed by atoms with van der Waals surface area (Å²) in [5, 5.41) is 13.3. The van der Waals surface area contributed by atoms with Crippen molar-refractivity contribution in [2.24, 2.45) is 0 Å². The predicted molar refractivity (Wildman–Crippen MR) is 87.4 cm³/mol. The van der Waals surface area contributed by atoms with E-state index in [9.17, 15) is 5.11 Å². The Morgan fingerprint density at radius 2 is 1.90 bits per heavy atom. The second kappa shape index (κ2) is 7.90. The van der Waals surface area contributed by atoms with E-state index in [1.165, 1.54) is 25.9 Å². The molecule has 0 radical (unpaired) electrons. The van der Waals surface area contributed by atoms with Gasteiger partial charge in [0.1, 0.15) is 0 Å². The molecule has 1 unspecified atom stereocenters. The Morgan fingerprint density at radius 3 is 2.48 bits per heavy atom. The van der Waals surface area contributed by atoms with Crippen LogP contribution in [0.5, 0.6) is 0 Å². The van der Waals surface area contributed by atoms with Crippen molar-refractivity contribution in [2.75, 3.05) is 53.4 Å². The minimum Gasteiger partial charge on any atom is -0.394 e. The molecule has 1 aromatic rings. The highest BCUT2D eigenvalue weighted by molar-refractivity contribution is 5.25. The molecule has 1 heterocycles. The molecule has 2 rings (SSSR count). The van der Waals surface area contributed by atoms with Gasteiger partial charge in [-0.2, -0.15) is 0 Å².